The Balaban J connectivity index is 1.89. The SMILES string of the molecule is CCc1cccnc1C(=O)c1cccc(OC2CC2)c1. The van der Waals surface area contributed by atoms with Crippen LogP contribution in [0.15, 0.2) is 42.6 Å². The lowest BCUT2D eigenvalue weighted by atomic mass is 10.0. The number of pyridine rings is 1. The molecule has 0 unspecified atom stereocenters. The standard InChI is InChI=1S/C17H17NO2/c1-2-12-6-4-10-18-16(12)17(19)13-5-3-7-15(11-13)20-14-8-9-14/h3-7,10-11,14H,2,8-9H2,1H3. The van der Waals surface area contributed by atoms with Gasteiger partial charge in [-0.2, -0.15) is 0 Å². The molecule has 102 valence electrons. The lowest BCUT2D eigenvalue weighted by molar-refractivity contribution is 0.103. The maximum atomic E-state index is 12.6. The molecule has 0 atom stereocenters. The molecule has 0 aliphatic heterocycles. The largest absolute Gasteiger partial charge is 0.490 e. The minimum Gasteiger partial charge on any atom is -0.490 e. The van der Waals surface area contributed by atoms with E-state index in [4.69, 9.17) is 4.74 Å². The number of hydrogen-bond acceptors (Lipinski definition) is 3. The van der Waals surface area contributed by atoms with Gasteiger partial charge in [0, 0.05) is 11.8 Å². The van der Waals surface area contributed by atoms with Crippen LogP contribution in [0.25, 0.3) is 0 Å². The summed E-state index contributed by atoms with van der Waals surface area (Å²) in [7, 11) is 0. The first-order chi connectivity index (χ1) is 9.78. The van der Waals surface area contributed by atoms with E-state index >= 15 is 0 Å². The van der Waals surface area contributed by atoms with E-state index in [1.54, 1.807) is 6.20 Å². The van der Waals surface area contributed by atoms with Crippen LogP contribution < -0.4 is 4.74 Å². The Hall–Kier alpha value is -2.16. The first-order valence-electron chi connectivity index (χ1n) is 7.03. The Labute approximate surface area is 118 Å². The molecule has 1 heterocycles. The molecule has 20 heavy (non-hydrogen) atoms. The molecule has 0 spiro atoms. The summed E-state index contributed by atoms with van der Waals surface area (Å²) in [5.74, 6) is 0.732. The molecule has 1 aromatic carbocycles. The van der Waals surface area contributed by atoms with Crippen LogP contribution >= 0.6 is 0 Å². The third-order valence-corrected chi connectivity index (χ3v) is 3.41. The topological polar surface area (TPSA) is 39.2 Å². The van der Waals surface area contributed by atoms with Gasteiger partial charge in [-0.25, -0.2) is 0 Å². The summed E-state index contributed by atoms with van der Waals surface area (Å²) in [6.07, 6.45) is 5.02. The zero-order chi connectivity index (χ0) is 13.9. The molecule has 0 N–H and O–H groups in total. The van der Waals surface area contributed by atoms with E-state index in [0.29, 0.717) is 17.4 Å². The van der Waals surface area contributed by atoms with Crippen LogP contribution in [-0.2, 0) is 6.42 Å². The molecule has 1 saturated carbocycles. The molecular weight excluding hydrogens is 250 g/mol. The Morgan fingerprint density at radius 2 is 2.15 bits per heavy atom. The minimum absolute atomic E-state index is 0.0382. The molecule has 1 fully saturated rings. The van der Waals surface area contributed by atoms with Crippen LogP contribution in [0.3, 0.4) is 0 Å². The summed E-state index contributed by atoms with van der Waals surface area (Å²) in [4.78, 5) is 16.8. The monoisotopic (exact) mass is 267 g/mol. The average molecular weight is 267 g/mol. The smallest absolute Gasteiger partial charge is 0.211 e. The molecule has 1 aliphatic rings. The Morgan fingerprint density at radius 3 is 2.90 bits per heavy atom. The zero-order valence-electron chi connectivity index (χ0n) is 11.5. The number of aryl methyl sites for hydroxylation is 1. The van der Waals surface area contributed by atoms with Gasteiger partial charge in [0.15, 0.2) is 0 Å². The second-order valence-electron chi connectivity index (χ2n) is 5.04. The lowest BCUT2D eigenvalue weighted by Gasteiger charge is -2.08. The van der Waals surface area contributed by atoms with Crippen LogP contribution in [0.4, 0.5) is 0 Å². The highest BCUT2D eigenvalue weighted by Crippen LogP contribution is 2.27. The summed E-state index contributed by atoms with van der Waals surface area (Å²) in [6, 6.07) is 11.2. The van der Waals surface area contributed by atoms with Gasteiger partial charge in [0.25, 0.3) is 0 Å². The second-order valence-corrected chi connectivity index (χ2v) is 5.04. The van der Waals surface area contributed by atoms with Gasteiger partial charge in [-0.3, -0.25) is 9.78 Å². The fourth-order valence-corrected chi connectivity index (χ4v) is 2.15. The third kappa shape index (κ3) is 2.72. The number of ketones is 1. The molecule has 1 aromatic heterocycles. The predicted molar refractivity (Wildman–Crippen MR) is 77.1 cm³/mol. The van der Waals surface area contributed by atoms with Crippen molar-refractivity contribution in [2.75, 3.05) is 0 Å². The fourth-order valence-electron chi connectivity index (χ4n) is 2.15. The molecule has 0 amide bonds. The number of benzene rings is 1. The van der Waals surface area contributed by atoms with E-state index < -0.39 is 0 Å². The van der Waals surface area contributed by atoms with E-state index in [1.165, 1.54) is 0 Å². The molecular formula is C17H17NO2. The molecule has 0 saturated heterocycles. The molecule has 3 heteroatoms. The lowest BCUT2D eigenvalue weighted by Crippen LogP contribution is -2.08. The third-order valence-electron chi connectivity index (χ3n) is 3.41. The maximum absolute atomic E-state index is 12.6. The number of carbonyl (C=O) groups excluding carboxylic acids is 1. The van der Waals surface area contributed by atoms with Crippen molar-refractivity contribution in [1.82, 2.24) is 4.98 Å². The van der Waals surface area contributed by atoms with Gasteiger partial charge in [0.2, 0.25) is 5.78 Å². The number of rotatable bonds is 5. The van der Waals surface area contributed by atoms with Gasteiger partial charge < -0.3 is 4.74 Å². The summed E-state index contributed by atoms with van der Waals surface area (Å²) >= 11 is 0. The van der Waals surface area contributed by atoms with E-state index in [1.807, 2.05) is 43.3 Å². The van der Waals surface area contributed by atoms with Gasteiger partial charge in [0.05, 0.1) is 6.10 Å². The van der Waals surface area contributed by atoms with Crippen molar-refractivity contribution >= 4 is 5.78 Å². The number of ether oxygens (including phenoxy) is 1. The number of hydrogen-bond donors (Lipinski definition) is 0. The van der Waals surface area contributed by atoms with Gasteiger partial charge in [-0.15, -0.1) is 0 Å². The highest BCUT2D eigenvalue weighted by molar-refractivity contribution is 6.08. The summed E-state index contributed by atoms with van der Waals surface area (Å²) in [6.45, 7) is 2.03. The minimum atomic E-state index is -0.0382. The van der Waals surface area contributed by atoms with Crippen molar-refractivity contribution in [3.8, 4) is 5.75 Å². The molecule has 3 nitrogen and oxygen atoms in total. The van der Waals surface area contributed by atoms with Crippen molar-refractivity contribution in [3.05, 3.63) is 59.4 Å². The van der Waals surface area contributed by atoms with E-state index in [9.17, 15) is 4.79 Å². The first-order valence-corrected chi connectivity index (χ1v) is 7.03. The number of carbonyl (C=O) groups is 1. The maximum Gasteiger partial charge on any atom is 0.211 e. The highest BCUT2D eigenvalue weighted by atomic mass is 16.5. The Kier molecular flexibility index (Phi) is 3.50. The van der Waals surface area contributed by atoms with Crippen LogP contribution in [0.2, 0.25) is 0 Å². The quantitative estimate of drug-likeness (QED) is 0.779. The molecule has 2 aromatic rings. The van der Waals surface area contributed by atoms with Crippen molar-refractivity contribution in [2.45, 2.75) is 32.3 Å². The van der Waals surface area contributed by atoms with Gasteiger partial charge in [0.1, 0.15) is 11.4 Å². The Morgan fingerprint density at radius 1 is 1.30 bits per heavy atom. The van der Waals surface area contributed by atoms with E-state index in [2.05, 4.69) is 4.98 Å². The summed E-state index contributed by atoms with van der Waals surface area (Å²) in [5.41, 5.74) is 2.15. The van der Waals surface area contributed by atoms with Gasteiger partial charge in [-0.05, 0) is 43.0 Å². The average Bonchev–Trinajstić information content (AvgIpc) is 3.30. The number of nitrogens with zero attached hydrogens (tertiary/aromatic N) is 1. The summed E-state index contributed by atoms with van der Waals surface area (Å²) in [5, 5.41) is 0. The molecule has 0 radical (unpaired) electrons. The highest BCUT2D eigenvalue weighted by Gasteiger charge is 2.24. The van der Waals surface area contributed by atoms with Crippen molar-refractivity contribution < 1.29 is 9.53 Å². The van der Waals surface area contributed by atoms with Crippen LogP contribution in [-0.4, -0.2) is 16.9 Å². The Bertz CT molecular complexity index is 632. The summed E-state index contributed by atoms with van der Waals surface area (Å²) < 4.78 is 5.74. The van der Waals surface area contributed by atoms with Crippen molar-refractivity contribution in [2.24, 2.45) is 0 Å². The van der Waals surface area contributed by atoms with Crippen LogP contribution in [0.1, 0.15) is 41.4 Å². The van der Waals surface area contributed by atoms with E-state index in [0.717, 1.165) is 30.6 Å². The molecule has 3 rings (SSSR count). The van der Waals surface area contributed by atoms with Crippen molar-refractivity contribution in [1.29, 1.82) is 0 Å². The fraction of sp³-hybridized carbons (Fsp3) is 0.294. The normalized spacial score (nSPS) is 14.1. The number of aromatic nitrogens is 1. The molecule has 0 bridgehead atoms. The van der Waals surface area contributed by atoms with Crippen LogP contribution in [0, 0.1) is 0 Å². The van der Waals surface area contributed by atoms with Crippen LogP contribution in [0.5, 0.6) is 5.75 Å². The molecule has 1 aliphatic carbocycles. The second kappa shape index (κ2) is 5.45. The predicted octanol–water partition coefficient (Wildman–Crippen LogP) is 3.42. The van der Waals surface area contributed by atoms with Gasteiger partial charge >= 0.3 is 0 Å². The zero-order valence-corrected chi connectivity index (χ0v) is 11.5. The van der Waals surface area contributed by atoms with Gasteiger partial charge in [-0.1, -0.05) is 25.1 Å². The first kappa shape index (κ1) is 12.9. The van der Waals surface area contributed by atoms with E-state index in [-0.39, 0.29) is 5.78 Å². The van der Waals surface area contributed by atoms with Crippen molar-refractivity contribution in [3.63, 3.8) is 0 Å².